The molecule has 1 aliphatic carbocycles. The molecule has 0 saturated carbocycles. The Morgan fingerprint density at radius 1 is 1.08 bits per heavy atom. The van der Waals surface area contributed by atoms with Crippen molar-refractivity contribution in [3.8, 4) is 11.3 Å². The Labute approximate surface area is 152 Å². The van der Waals surface area contributed by atoms with Gasteiger partial charge in [-0.2, -0.15) is 4.57 Å². The third kappa shape index (κ3) is 2.11. The van der Waals surface area contributed by atoms with Gasteiger partial charge in [0.2, 0.25) is 5.69 Å². The molecule has 1 aromatic heterocycles. The van der Waals surface area contributed by atoms with Gasteiger partial charge in [0.05, 0.1) is 12.3 Å². The first-order chi connectivity index (χ1) is 12.2. The van der Waals surface area contributed by atoms with Gasteiger partial charge in [-0.25, -0.2) is 0 Å². The third-order valence-electron chi connectivity index (χ3n) is 6.07. The van der Waals surface area contributed by atoms with Crippen molar-refractivity contribution in [1.82, 2.24) is 0 Å². The number of hydrogen-bond donors (Lipinski definition) is 0. The van der Waals surface area contributed by atoms with Crippen LogP contribution in [0.2, 0.25) is 0 Å². The van der Waals surface area contributed by atoms with E-state index in [1.54, 1.807) is 0 Å². The van der Waals surface area contributed by atoms with Crippen molar-refractivity contribution < 1.29 is 5.94 Å². The second-order valence-corrected chi connectivity index (χ2v) is 8.39. The van der Waals surface area contributed by atoms with Crippen LogP contribution >= 0.6 is 0 Å². The van der Waals surface area contributed by atoms with Crippen LogP contribution < -0.4 is 4.57 Å². The second kappa shape index (κ2) is 5.17. The number of nitrogens with zero attached hydrogens (tertiary/aromatic N) is 1. The molecule has 0 amide bonds. The Bertz CT molecular complexity index is 1070. The first kappa shape index (κ1) is 15.1. The molecule has 0 atom stereocenters. The van der Waals surface area contributed by atoms with Gasteiger partial charge in [0.25, 0.3) is 0 Å². The molecule has 25 heavy (non-hydrogen) atoms. The zero-order chi connectivity index (χ0) is 19.0. The summed E-state index contributed by atoms with van der Waals surface area (Å²) < 4.78 is 11.0. The van der Waals surface area contributed by atoms with Gasteiger partial charge in [-0.05, 0) is 40.5 Å². The first-order valence-electron chi connectivity index (χ1n) is 9.74. The molecule has 1 nitrogen and oxygen atoms in total. The lowest BCUT2D eigenvalue weighted by Gasteiger charge is -2.35. The highest BCUT2D eigenvalue weighted by molar-refractivity contribution is 6.01. The maximum atomic E-state index is 8.81. The average Bonchev–Trinajstić information content (AvgIpc) is 2.59. The lowest BCUT2D eigenvalue weighted by Crippen LogP contribution is -2.38. The van der Waals surface area contributed by atoms with Crippen LogP contribution in [-0.2, 0) is 12.5 Å². The molecule has 0 bridgehead atoms. The fourth-order valence-corrected chi connectivity index (χ4v) is 4.40. The van der Waals surface area contributed by atoms with Crippen LogP contribution in [0.5, 0.6) is 0 Å². The summed E-state index contributed by atoms with van der Waals surface area (Å²) in [7, 11) is 2.11. The highest BCUT2D eigenvalue weighted by Crippen LogP contribution is 2.49. The third-order valence-corrected chi connectivity index (χ3v) is 6.07. The van der Waals surface area contributed by atoms with Crippen molar-refractivity contribution in [2.24, 2.45) is 7.05 Å². The van der Waals surface area contributed by atoms with E-state index in [2.05, 4.69) is 83.5 Å². The first-order valence-corrected chi connectivity index (χ1v) is 9.24. The summed E-state index contributed by atoms with van der Waals surface area (Å²) in [4.78, 5) is 0. The van der Waals surface area contributed by atoms with E-state index in [0.29, 0.717) is 12.0 Å². The van der Waals surface area contributed by atoms with Crippen molar-refractivity contribution in [3.63, 3.8) is 0 Å². The molecule has 4 rings (SSSR count). The molecule has 0 N–H and O–H groups in total. The predicted octanol–water partition coefficient (Wildman–Crippen LogP) is 5.71. The van der Waals surface area contributed by atoms with Crippen molar-refractivity contribution in [2.45, 2.75) is 52.9 Å². The molecular formula is C24H28N+. The Balaban J connectivity index is 2.34. The molecule has 128 valence electrons. The molecule has 0 saturated heterocycles. The fourth-order valence-electron chi connectivity index (χ4n) is 4.40. The number of fused-ring (bicyclic) bond motifs is 2. The Morgan fingerprint density at radius 3 is 2.48 bits per heavy atom. The van der Waals surface area contributed by atoms with Crippen LogP contribution in [0.1, 0.15) is 62.9 Å². The summed E-state index contributed by atoms with van der Waals surface area (Å²) in [6.07, 6.45) is 0. The van der Waals surface area contributed by atoms with E-state index in [-0.39, 0.29) is 5.41 Å². The predicted molar refractivity (Wildman–Crippen MR) is 106 cm³/mol. The molecule has 0 radical (unpaired) electrons. The van der Waals surface area contributed by atoms with E-state index in [1.165, 1.54) is 38.9 Å². The fraction of sp³-hybridized carbons (Fsp3) is 0.375. The number of benzene rings is 2. The zero-order valence-corrected chi connectivity index (χ0v) is 16.4. The highest BCUT2D eigenvalue weighted by Gasteiger charge is 2.39. The minimum atomic E-state index is -0.0772. The van der Waals surface area contributed by atoms with Gasteiger partial charge in [0, 0.05) is 18.4 Å². The summed E-state index contributed by atoms with van der Waals surface area (Å²) in [6.45, 7) is 13.4. The Hall–Kier alpha value is -2.15. The Kier molecular flexibility index (Phi) is 3.13. The quantitative estimate of drug-likeness (QED) is 0.503. The molecule has 0 fully saturated rings. The standard InChI is InChI=1S/C24H28N/c1-14(2)17-12-18-11-16(4)25(7)23-21-15(3)9-8-10-19(21)24(5,6)20(13-17)22(18)23/h8-14H,1-7H3/q+1/i11D. The number of hydrogen-bond acceptors (Lipinski definition) is 0. The van der Waals surface area contributed by atoms with Gasteiger partial charge in [0.15, 0.2) is 5.69 Å². The summed E-state index contributed by atoms with van der Waals surface area (Å²) in [5.74, 6) is 0.447. The lowest BCUT2D eigenvalue weighted by atomic mass is 9.68. The van der Waals surface area contributed by atoms with Gasteiger partial charge >= 0.3 is 0 Å². The number of pyridine rings is 1. The second-order valence-electron chi connectivity index (χ2n) is 8.39. The molecule has 0 unspecified atom stereocenters. The molecule has 1 aliphatic rings. The topological polar surface area (TPSA) is 3.88 Å². The van der Waals surface area contributed by atoms with Crippen molar-refractivity contribution in [2.75, 3.05) is 0 Å². The lowest BCUT2D eigenvalue weighted by molar-refractivity contribution is -0.665. The monoisotopic (exact) mass is 331 g/mol. The molecule has 2 aromatic carbocycles. The summed E-state index contributed by atoms with van der Waals surface area (Å²) in [5, 5.41) is 2.36. The smallest absolute Gasteiger partial charge is 0.198 e. The number of aryl methyl sites for hydroxylation is 1. The SMILES string of the molecule is [2H]c1c(C)[n+](C)c2c3c(cc(C(C)C)cc13)C(C)(C)c1cccc(C)c1-2. The van der Waals surface area contributed by atoms with Crippen LogP contribution in [-0.4, -0.2) is 0 Å². The van der Waals surface area contributed by atoms with E-state index in [4.69, 9.17) is 1.37 Å². The molecule has 1 heteroatoms. The van der Waals surface area contributed by atoms with E-state index in [1.807, 2.05) is 0 Å². The summed E-state index contributed by atoms with van der Waals surface area (Å²) >= 11 is 0. The number of aromatic nitrogens is 1. The molecule has 1 heterocycles. The summed E-state index contributed by atoms with van der Waals surface area (Å²) in [5.41, 5.74) is 8.94. The maximum Gasteiger partial charge on any atom is 0.221 e. The maximum absolute atomic E-state index is 8.81. The van der Waals surface area contributed by atoms with Crippen LogP contribution in [0.15, 0.2) is 36.4 Å². The average molecular weight is 332 g/mol. The van der Waals surface area contributed by atoms with Crippen molar-refractivity contribution >= 4 is 10.8 Å². The van der Waals surface area contributed by atoms with Gasteiger partial charge in [-0.15, -0.1) is 0 Å². The van der Waals surface area contributed by atoms with Gasteiger partial charge < -0.3 is 0 Å². The zero-order valence-electron chi connectivity index (χ0n) is 17.4. The van der Waals surface area contributed by atoms with Gasteiger partial charge in [-0.3, -0.25) is 0 Å². The Morgan fingerprint density at radius 2 is 1.80 bits per heavy atom. The minimum absolute atomic E-state index is 0.0772. The molecular weight excluding hydrogens is 302 g/mol. The highest BCUT2D eigenvalue weighted by atomic mass is 14.9. The van der Waals surface area contributed by atoms with Crippen LogP contribution in [0.25, 0.3) is 22.0 Å². The molecule has 0 aliphatic heterocycles. The van der Waals surface area contributed by atoms with Crippen LogP contribution in [0.4, 0.5) is 0 Å². The van der Waals surface area contributed by atoms with Crippen LogP contribution in [0, 0.1) is 13.8 Å². The molecule has 3 aromatic rings. The van der Waals surface area contributed by atoms with Gasteiger partial charge in [-0.1, -0.05) is 58.0 Å². The van der Waals surface area contributed by atoms with Crippen molar-refractivity contribution in [1.29, 1.82) is 0 Å². The normalized spacial score (nSPS) is 15.4. The van der Waals surface area contributed by atoms with E-state index in [9.17, 15) is 0 Å². The van der Waals surface area contributed by atoms with E-state index in [0.717, 1.165) is 11.1 Å². The van der Waals surface area contributed by atoms with E-state index < -0.39 is 0 Å². The number of rotatable bonds is 1. The largest absolute Gasteiger partial charge is 0.221 e. The molecule has 0 spiro atoms. The minimum Gasteiger partial charge on any atom is -0.198 e. The summed E-state index contributed by atoms with van der Waals surface area (Å²) in [6, 6.07) is 12.0. The van der Waals surface area contributed by atoms with Crippen LogP contribution in [0.3, 0.4) is 0 Å². The van der Waals surface area contributed by atoms with Crippen molar-refractivity contribution in [3.05, 3.63) is 64.3 Å². The van der Waals surface area contributed by atoms with Gasteiger partial charge in [0.1, 0.15) is 7.05 Å². The van der Waals surface area contributed by atoms with E-state index >= 15 is 0 Å².